The van der Waals surface area contributed by atoms with Gasteiger partial charge in [0.2, 0.25) is 0 Å². The molecule has 1 amide bonds. The van der Waals surface area contributed by atoms with Gasteiger partial charge in [0.25, 0.3) is 5.91 Å². The standard InChI is InChI=1S/C18H23N3O2/c1-20(12-18(23)9-3-4-10-18)17(22)15-14-6-2-5-11-21(14)16(19-15)13-7-8-13/h2,5-6,11,13,23H,3-4,7-10,12H2,1H3. The number of carbonyl (C=O) groups is 1. The van der Waals surface area contributed by atoms with Gasteiger partial charge in [-0.15, -0.1) is 0 Å². The van der Waals surface area contributed by atoms with E-state index in [1.807, 2.05) is 28.8 Å². The lowest BCUT2D eigenvalue weighted by Crippen LogP contribution is -2.42. The summed E-state index contributed by atoms with van der Waals surface area (Å²) in [6.45, 7) is 0.385. The van der Waals surface area contributed by atoms with Gasteiger partial charge in [-0.1, -0.05) is 18.9 Å². The van der Waals surface area contributed by atoms with Gasteiger partial charge in [-0.25, -0.2) is 4.98 Å². The molecule has 2 heterocycles. The minimum absolute atomic E-state index is 0.0964. The lowest BCUT2D eigenvalue weighted by atomic mass is 10.0. The Morgan fingerprint density at radius 3 is 2.83 bits per heavy atom. The van der Waals surface area contributed by atoms with Gasteiger partial charge in [0.1, 0.15) is 5.82 Å². The first-order chi connectivity index (χ1) is 11.1. The number of carbonyl (C=O) groups excluding carboxylic acids is 1. The molecule has 2 aliphatic rings. The van der Waals surface area contributed by atoms with E-state index in [1.54, 1.807) is 11.9 Å². The van der Waals surface area contributed by atoms with Crippen molar-refractivity contribution in [2.75, 3.05) is 13.6 Å². The molecule has 0 aliphatic heterocycles. The zero-order valence-corrected chi connectivity index (χ0v) is 13.5. The van der Waals surface area contributed by atoms with Gasteiger partial charge in [0.05, 0.1) is 11.1 Å². The van der Waals surface area contributed by atoms with E-state index in [0.717, 1.165) is 49.9 Å². The Bertz CT molecular complexity index is 742. The van der Waals surface area contributed by atoms with Crippen molar-refractivity contribution < 1.29 is 9.90 Å². The fourth-order valence-electron chi connectivity index (χ4n) is 3.73. The van der Waals surface area contributed by atoms with Crippen molar-refractivity contribution in [1.82, 2.24) is 14.3 Å². The van der Waals surface area contributed by atoms with Gasteiger partial charge < -0.3 is 14.4 Å². The second kappa shape index (κ2) is 5.34. The van der Waals surface area contributed by atoms with Crippen LogP contribution < -0.4 is 0 Å². The molecular weight excluding hydrogens is 290 g/mol. The highest BCUT2D eigenvalue weighted by molar-refractivity contribution is 5.99. The summed E-state index contributed by atoms with van der Waals surface area (Å²) in [7, 11) is 1.77. The zero-order chi connectivity index (χ0) is 16.0. The van der Waals surface area contributed by atoms with Gasteiger partial charge in [-0.05, 0) is 37.8 Å². The van der Waals surface area contributed by atoms with Crippen molar-refractivity contribution in [3.8, 4) is 0 Å². The first-order valence-corrected chi connectivity index (χ1v) is 8.52. The summed E-state index contributed by atoms with van der Waals surface area (Å²) in [5.74, 6) is 1.38. The summed E-state index contributed by atoms with van der Waals surface area (Å²) in [4.78, 5) is 19.2. The molecular formula is C18H23N3O2. The fourth-order valence-corrected chi connectivity index (χ4v) is 3.73. The van der Waals surface area contributed by atoms with Crippen LogP contribution in [0.5, 0.6) is 0 Å². The Morgan fingerprint density at radius 1 is 1.39 bits per heavy atom. The van der Waals surface area contributed by atoms with E-state index in [4.69, 9.17) is 0 Å². The molecule has 23 heavy (non-hydrogen) atoms. The Hall–Kier alpha value is -1.88. The molecule has 0 aromatic carbocycles. The molecule has 1 N–H and O–H groups in total. The number of amides is 1. The smallest absolute Gasteiger partial charge is 0.274 e. The van der Waals surface area contributed by atoms with Crippen molar-refractivity contribution >= 4 is 11.4 Å². The SMILES string of the molecule is CN(CC1(O)CCCC1)C(=O)c1nc(C2CC2)n2ccccc12. The van der Waals surface area contributed by atoms with Gasteiger partial charge in [-0.3, -0.25) is 4.79 Å². The molecule has 4 rings (SSSR count). The van der Waals surface area contributed by atoms with Crippen molar-refractivity contribution in [2.24, 2.45) is 0 Å². The van der Waals surface area contributed by atoms with Crippen LogP contribution >= 0.6 is 0 Å². The van der Waals surface area contributed by atoms with Gasteiger partial charge >= 0.3 is 0 Å². The maximum Gasteiger partial charge on any atom is 0.274 e. The van der Waals surface area contributed by atoms with Crippen molar-refractivity contribution in [2.45, 2.75) is 50.0 Å². The highest BCUT2D eigenvalue weighted by Crippen LogP contribution is 2.40. The summed E-state index contributed by atoms with van der Waals surface area (Å²) in [5.41, 5.74) is 0.653. The third kappa shape index (κ3) is 2.63. The Kier molecular flexibility index (Phi) is 3.41. The molecule has 5 nitrogen and oxygen atoms in total. The van der Waals surface area contributed by atoms with Crippen LogP contribution in [0.2, 0.25) is 0 Å². The monoisotopic (exact) mass is 313 g/mol. The number of fused-ring (bicyclic) bond motifs is 1. The number of aliphatic hydroxyl groups is 1. The van der Waals surface area contributed by atoms with Gasteiger partial charge in [0, 0.05) is 25.7 Å². The molecule has 5 heteroatoms. The number of aromatic nitrogens is 2. The molecule has 0 unspecified atom stereocenters. The molecule has 2 aliphatic carbocycles. The molecule has 2 aromatic heterocycles. The number of rotatable bonds is 4. The largest absolute Gasteiger partial charge is 0.388 e. The summed E-state index contributed by atoms with van der Waals surface area (Å²) in [6, 6.07) is 5.86. The van der Waals surface area contributed by atoms with Crippen LogP contribution in [0.1, 0.15) is 60.8 Å². The molecule has 0 saturated heterocycles. The third-order valence-electron chi connectivity index (χ3n) is 5.13. The molecule has 2 saturated carbocycles. The predicted octanol–water partition coefficient (Wildman–Crippen LogP) is 2.59. The molecule has 122 valence electrons. The van der Waals surface area contributed by atoms with E-state index in [9.17, 15) is 9.90 Å². The second-order valence-electron chi connectivity index (χ2n) is 7.14. The van der Waals surface area contributed by atoms with E-state index >= 15 is 0 Å². The van der Waals surface area contributed by atoms with Crippen LogP contribution in [-0.4, -0.2) is 44.5 Å². The predicted molar refractivity (Wildman–Crippen MR) is 87.5 cm³/mol. The molecule has 2 fully saturated rings. The topological polar surface area (TPSA) is 57.8 Å². The first kappa shape index (κ1) is 14.7. The number of nitrogens with zero attached hydrogens (tertiary/aromatic N) is 3. The lowest BCUT2D eigenvalue weighted by molar-refractivity contribution is 0.0155. The zero-order valence-electron chi connectivity index (χ0n) is 13.5. The normalized spacial score (nSPS) is 20.1. The van der Waals surface area contributed by atoms with Crippen LogP contribution in [-0.2, 0) is 0 Å². The molecule has 0 spiro atoms. The third-order valence-corrected chi connectivity index (χ3v) is 5.13. The van der Waals surface area contributed by atoms with Crippen LogP contribution in [0.25, 0.3) is 5.52 Å². The van der Waals surface area contributed by atoms with E-state index < -0.39 is 5.60 Å². The fraction of sp³-hybridized carbons (Fsp3) is 0.556. The number of pyridine rings is 1. The Labute approximate surface area is 135 Å². The lowest BCUT2D eigenvalue weighted by Gasteiger charge is -2.28. The maximum atomic E-state index is 12.9. The summed E-state index contributed by atoms with van der Waals surface area (Å²) < 4.78 is 2.04. The molecule has 0 radical (unpaired) electrons. The molecule has 0 atom stereocenters. The summed E-state index contributed by atoms with van der Waals surface area (Å²) >= 11 is 0. The highest BCUT2D eigenvalue weighted by Gasteiger charge is 2.35. The second-order valence-corrected chi connectivity index (χ2v) is 7.14. The van der Waals surface area contributed by atoms with Gasteiger partial charge in [0.15, 0.2) is 5.69 Å². The van der Waals surface area contributed by atoms with Crippen molar-refractivity contribution in [3.05, 3.63) is 35.9 Å². The first-order valence-electron chi connectivity index (χ1n) is 8.52. The van der Waals surface area contributed by atoms with Crippen LogP contribution in [0, 0.1) is 0 Å². The quantitative estimate of drug-likeness (QED) is 0.944. The van der Waals surface area contributed by atoms with E-state index in [0.29, 0.717) is 18.2 Å². The van der Waals surface area contributed by atoms with Crippen LogP contribution in [0.4, 0.5) is 0 Å². The Balaban J connectivity index is 1.64. The number of likely N-dealkylation sites (N-methyl/N-ethyl adjacent to an activating group) is 1. The molecule has 2 aromatic rings. The average molecular weight is 313 g/mol. The number of hydrogen-bond acceptors (Lipinski definition) is 3. The van der Waals surface area contributed by atoms with E-state index in [2.05, 4.69) is 4.98 Å². The van der Waals surface area contributed by atoms with E-state index in [-0.39, 0.29) is 5.91 Å². The summed E-state index contributed by atoms with van der Waals surface area (Å²) in [6.07, 6.45) is 7.92. The Morgan fingerprint density at radius 2 is 2.13 bits per heavy atom. The molecule has 0 bridgehead atoms. The number of imidazole rings is 1. The van der Waals surface area contributed by atoms with Crippen LogP contribution in [0.3, 0.4) is 0 Å². The van der Waals surface area contributed by atoms with Gasteiger partial charge in [-0.2, -0.15) is 0 Å². The van der Waals surface area contributed by atoms with Crippen LogP contribution in [0.15, 0.2) is 24.4 Å². The minimum Gasteiger partial charge on any atom is -0.388 e. The summed E-state index contributed by atoms with van der Waals surface area (Å²) in [5, 5.41) is 10.6. The highest BCUT2D eigenvalue weighted by atomic mass is 16.3. The number of hydrogen-bond donors (Lipinski definition) is 1. The maximum absolute atomic E-state index is 12.9. The van der Waals surface area contributed by atoms with Crippen molar-refractivity contribution in [3.63, 3.8) is 0 Å². The minimum atomic E-state index is -0.723. The van der Waals surface area contributed by atoms with E-state index in [1.165, 1.54) is 0 Å². The van der Waals surface area contributed by atoms with Crippen molar-refractivity contribution in [1.29, 1.82) is 0 Å². The average Bonchev–Trinajstić information content (AvgIpc) is 3.19.